The van der Waals surface area contributed by atoms with Gasteiger partial charge in [0.15, 0.2) is 5.65 Å². The number of nitrogens with one attached hydrogen (secondary N) is 2. The zero-order valence-electron chi connectivity index (χ0n) is 18.8. The minimum absolute atomic E-state index is 0.124. The maximum absolute atomic E-state index is 12.0. The van der Waals surface area contributed by atoms with Crippen molar-refractivity contribution in [2.45, 2.75) is 95.7 Å². The first kappa shape index (κ1) is 20.9. The van der Waals surface area contributed by atoms with Crippen molar-refractivity contribution < 1.29 is 9.53 Å². The largest absolute Gasteiger partial charge is 0.444 e. The van der Waals surface area contributed by atoms with E-state index in [9.17, 15) is 4.79 Å². The van der Waals surface area contributed by atoms with Gasteiger partial charge in [0.05, 0.1) is 11.9 Å². The van der Waals surface area contributed by atoms with Crippen molar-refractivity contribution >= 4 is 29.2 Å². The summed E-state index contributed by atoms with van der Waals surface area (Å²) in [6.07, 6.45) is 9.02. The van der Waals surface area contributed by atoms with E-state index in [1.54, 1.807) is 6.20 Å². The molecule has 5 rings (SSSR count). The number of fused-ring (bicyclic) bond motifs is 3. The highest BCUT2D eigenvalue weighted by Crippen LogP contribution is 2.54. The van der Waals surface area contributed by atoms with E-state index >= 15 is 0 Å². The maximum atomic E-state index is 12.0. The van der Waals surface area contributed by atoms with Crippen molar-refractivity contribution in [1.82, 2.24) is 19.9 Å². The van der Waals surface area contributed by atoms with E-state index in [1.807, 2.05) is 25.3 Å². The number of carbonyl (C=O) groups is 1. The number of hydrogen-bond acceptors (Lipinski definition) is 5. The lowest BCUT2D eigenvalue weighted by Crippen LogP contribution is -2.51. The molecule has 1 spiro atoms. The predicted molar refractivity (Wildman–Crippen MR) is 121 cm³/mol. The molecular formula is C23H32ClN5O2. The van der Waals surface area contributed by atoms with Crippen LogP contribution in [0, 0.1) is 5.92 Å². The van der Waals surface area contributed by atoms with E-state index < -0.39 is 5.60 Å². The Bertz CT molecular complexity index is 1020. The Kier molecular flexibility index (Phi) is 4.88. The molecule has 0 bridgehead atoms. The van der Waals surface area contributed by atoms with Crippen LogP contribution in [0.1, 0.15) is 77.5 Å². The fourth-order valence-corrected chi connectivity index (χ4v) is 5.91. The number of anilines is 1. The number of nitrogens with zero attached hydrogens (tertiary/aromatic N) is 3. The number of aromatic nitrogens is 3. The first-order valence-corrected chi connectivity index (χ1v) is 11.9. The summed E-state index contributed by atoms with van der Waals surface area (Å²) in [4.78, 5) is 17.1. The van der Waals surface area contributed by atoms with Gasteiger partial charge in [0, 0.05) is 23.1 Å². The summed E-state index contributed by atoms with van der Waals surface area (Å²) in [5.74, 6) is 1.61. The third-order valence-electron chi connectivity index (χ3n) is 7.32. The van der Waals surface area contributed by atoms with Gasteiger partial charge in [-0.05, 0) is 58.8 Å². The van der Waals surface area contributed by atoms with Gasteiger partial charge in [-0.15, -0.1) is 0 Å². The normalized spacial score (nSPS) is 26.7. The van der Waals surface area contributed by atoms with Gasteiger partial charge in [-0.2, -0.15) is 9.61 Å². The maximum Gasteiger partial charge on any atom is 0.407 e. The minimum atomic E-state index is -0.485. The second kappa shape index (κ2) is 7.26. The lowest BCUT2D eigenvalue weighted by molar-refractivity contribution is 0.0475. The Hall–Kier alpha value is -2.02. The van der Waals surface area contributed by atoms with Gasteiger partial charge >= 0.3 is 6.09 Å². The summed E-state index contributed by atoms with van der Waals surface area (Å²) in [6, 6.07) is 0.395. The van der Waals surface area contributed by atoms with E-state index in [2.05, 4.69) is 22.7 Å². The zero-order chi connectivity index (χ0) is 22.0. The molecule has 2 heterocycles. The SMILES string of the molecule is CC1Cc2c(nc3c(Cl)cnn3c2N[C@H]2C[C@H](NC(=O)OC(C)(C)C)C2)C12CCCC2. The van der Waals surface area contributed by atoms with Crippen molar-refractivity contribution in [3.05, 3.63) is 22.5 Å². The molecule has 2 aromatic rings. The van der Waals surface area contributed by atoms with Gasteiger partial charge in [-0.25, -0.2) is 9.78 Å². The first-order valence-electron chi connectivity index (χ1n) is 11.5. The standard InChI is InChI=1S/C23H32ClN5O2/c1-13-9-16-18(23(13)7-5-6-8-23)28-20-17(24)12-25-29(20)19(16)26-14-10-15(11-14)27-21(30)31-22(2,3)4/h12-15,26H,5-11H2,1-4H3,(H,27,30)/t13?,14-,15-. The summed E-state index contributed by atoms with van der Waals surface area (Å²) >= 11 is 6.46. The van der Waals surface area contributed by atoms with Crippen molar-refractivity contribution in [2.24, 2.45) is 5.92 Å². The molecule has 168 valence electrons. The molecule has 1 atom stereocenters. The predicted octanol–water partition coefficient (Wildman–Crippen LogP) is 4.85. The van der Waals surface area contributed by atoms with Gasteiger partial charge < -0.3 is 15.4 Å². The molecule has 2 aromatic heterocycles. The molecule has 8 heteroatoms. The van der Waals surface area contributed by atoms with Crippen LogP contribution >= 0.6 is 11.6 Å². The van der Waals surface area contributed by atoms with Crippen LogP contribution in [0.15, 0.2) is 6.20 Å². The average Bonchev–Trinajstić information content (AvgIpc) is 3.33. The summed E-state index contributed by atoms with van der Waals surface area (Å²) in [7, 11) is 0. The molecule has 2 fully saturated rings. The second-order valence-corrected chi connectivity index (χ2v) is 11.0. The molecule has 1 amide bonds. The van der Waals surface area contributed by atoms with Crippen molar-refractivity contribution in [3.63, 3.8) is 0 Å². The molecule has 0 radical (unpaired) electrons. The fourth-order valence-electron chi connectivity index (χ4n) is 5.74. The highest BCUT2D eigenvalue weighted by molar-refractivity contribution is 6.33. The summed E-state index contributed by atoms with van der Waals surface area (Å²) in [5.41, 5.74) is 2.97. The molecular weight excluding hydrogens is 414 g/mol. The van der Waals surface area contributed by atoms with Crippen LogP contribution < -0.4 is 10.6 Å². The van der Waals surface area contributed by atoms with Gasteiger partial charge in [0.2, 0.25) is 0 Å². The van der Waals surface area contributed by atoms with Crippen LogP contribution in [0.4, 0.5) is 10.6 Å². The zero-order valence-corrected chi connectivity index (χ0v) is 19.6. The molecule has 2 N–H and O–H groups in total. The first-order chi connectivity index (χ1) is 14.7. The molecule has 3 aliphatic rings. The Morgan fingerprint density at radius 1 is 1.26 bits per heavy atom. The van der Waals surface area contributed by atoms with E-state index in [0.29, 0.717) is 10.9 Å². The van der Waals surface area contributed by atoms with Crippen LogP contribution in [0.25, 0.3) is 5.65 Å². The summed E-state index contributed by atoms with van der Waals surface area (Å²) in [6.45, 7) is 7.99. The Labute approximate surface area is 188 Å². The van der Waals surface area contributed by atoms with Gasteiger partial charge in [-0.3, -0.25) is 0 Å². The minimum Gasteiger partial charge on any atom is -0.444 e. The Balaban J connectivity index is 1.37. The monoisotopic (exact) mass is 445 g/mol. The molecule has 1 unspecified atom stereocenters. The van der Waals surface area contributed by atoms with Crippen molar-refractivity contribution in [1.29, 1.82) is 0 Å². The fraction of sp³-hybridized carbons (Fsp3) is 0.696. The third-order valence-corrected chi connectivity index (χ3v) is 7.59. The van der Waals surface area contributed by atoms with Crippen molar-refractivity contribution in [3.8, 4) is 0 Å². The van der Waals surface area contributed by atoms with E-state index in [0.717, 1.165) is 30.7 Å². The van der Waals surface area contributed by atoms with Crippen LogP contribution in [-0.2, 0) is 16.6 Å². The highest BCUT2D eigenvalue weighted by atomic mass is 35.5. The number of amides is 1. The lowest BCUT2D eigenvalue weighted by atomic mass is 9.76. The van der Waals surface area contributed by atoms with Gasteiger partial charge in [-0.1, -0.05) is 31.4 Å². The number of alkyl carbamates (subject to hydrolysis) is 1. The highest BCUT2D eigenvalue weighted by Gasteiger charge is 2.49. The van der Waals surface area contributed by atoms with Crippen LogP contribution in [-0.4, -0.2) is 38.4 Å². The van der Waals surface area contributed by atoms with Crippen molar-refractivity contribution in [2.75, 3.05) is 5.32 Å². The van der Waals surface area contributed by atoms with Gasteiger partial charge in [0.25, 0.3) is 0 Å². The number of hydrogen-bond donors (Lipinski definition) is 2. The third kappa shape index (κ3) is 3.55. The molecule has 3 aliphatic carbocycles. The second-order valence-electron chi connectivity index (χ2n) is 10.6. The molecule has 0 saturated heterocycles. The molecule has 7 nitrogen and oxygen atoms in total. The van der Waals surface area contributed by atoms with E-state index in [4.69, 9.17) is 21.3 Å². The smallest absolute Gasteiger partial charge is 0.407 e. The van der Waals surface area contributed by atoms with E-state index in [-0.39, 0.29) is 23.6 Å². The number of halogens is 1. The quantitative estimate of drug-likeness (QED) is 0.705. The van der Waals surface area contributed by atoms with Crippen LogP contribution in [0.2, 0.25) is 5.02 Å². The summed E-state index contributed by atoms with van der Waals surface area (Å²) in [5, 5.41) is 11.8. The van der Waals surface area contributed by atoms with Crippen LogP contribution in [0.5, 0.6) is 0 Å². The molecule has 0 aliphatic heterocycles. The Morgan fingerprint density at radius 2 is 1.97 bits per heavy atom. The Morgan fingerprint density at radius 3 is 2.65 bits per heavy atom. The number of carbonyl (C=O) groups excluding carboxylic acids is 1. The van der Waals surface area contributed by atoms with Gasteiger partial charge in [0.1, 0.15) is 16.4 Å². The lowest BCUT2D eigenvalue weighted by Gasteiger charge is -2.37. The molecule has 0 aromatic carbocycles. The van der Waals surface area contributed by atoms with E-state index in [1.165, 1.54) is 36.9 Å². The molecule has 2 saturated carbocycles. The van der Waals surface area contributed by atoms with Crippen LogP contribution in [0.3, 0.4) is 0 Å². The number of rotatable bonds is 3. The number of ether oxygens (including phenoxy) is 1. The summed E-state index contributed by atoms with van der Waals surface area (Å²) < 4.78 is 7.25. The average molecular weight is 446 g/mol. The molecule has 31 heavy (non-hydrogen) atoms. The topological polar surface area (TPSA) is 80.5 Å².